The molecule has 0 radical (unpaired) electrons. The number of rotatable bonds is 4. The molecule has 0 bridgehead atoms. The zero-order valence-electron chi connectivity index (χ0n) is 15.3. The van der Waals surface area contributed by atoms with Crippen LogP contribution >= 0.6 is 11.6 Å². The molecule has 28 heavy (non-hydrogen) atoms. The van der Waals surface area contributed by atoms with Crippen LogP contribution in [0.5, 0.6) is 0 Å². The normalized spacial score (nSPS) is 11.2. The molecule has 5 heteroatoms. The molecule has 2 heterocycles. The van der Waals surface area contributed by atoms with E-state index in [0.717, 1.165) is 28.2 Å². The molecular formula is C23H18ClN3O. The maximum absolute atomic E-state index is 12.1. The number of anilines is 1. The summed E-state index contributed by atoms with van der Waals surface area (Å²) in [6.07, 6.45) is 7.17. The topological polar surface area (TPSA) is 46.4 Å². The Morgan fingerprint density at radius 1 is 1.11 bits per heavy atom. The molecule has 0 saturated carbocycles. The summed E-state index contributed by atoms with van der Waals surface area (Å²) in [6.45, 7) is 2.05. The van der Waals surface area contributed by atoms with Gasteiger partial charge in [0.2, 0.25) is 5.91 Å². The van der Waals surface area contributed by atoms with Crippen molar-refractivity contribution in [2.24, 2.45) is 0 Å². The highest BCUT2D eigenvalue weighted by atomic mass is 35.5. The molecule has 2 aromatic carbocycles. The molecule has 2 aromatic heterocycles. The number of aryl methyl sites for hydroxylation is 1. The maximum atomic E-state index is 12.1. The number of halogens is 1. The van der Waals surface area contributed by atoms with Crippen molar-refractivity contribution in [2.45, 2.75) is 6.92 Å². The first kappa shape index (κ1) is 18.0. The van der Waals surface area contributed by atoms with E-state index in [4.69, 9.17) is 11.6 Å². The Bertz CT molecular complexity index is 1180. The first-order valence-electron chi connectivity index (χ1n) is 8.88. The number of nitrogens with one attached hydrogen (secondary N) is 1. The molecule has 4 rings (SSSR count). The lowest BCUT2D eigenvalue weighted by molar-refractivity contribution is -0.111. The number of amides is 1. The molecule has 0 aliphatic rings. The summed E-state index contributed by atoms with van der Waals surface area (Å²) >= 11 is 6.09. The van der Waals surface area contributed by atoms with Crippen molar-refractivity contribution in [1.29, 1.82) is 0 Å². The van der Waals surface area contributed by atoms with E-state index in [1.54, 1.807) is 12.1 Å². The second kappa shape index (κ2) is 7.71. The molecule has 0 fully saturated rings. The lowest BCUT2D eigenvalue weighted by Gasteiger charge is -2.03. The average Bonchev–Trinajstić information content (AvgIpc) is 3.11. The number of carbonyl (C=O) groups excluding carboxylic acids is 1. The molecule has 0 saturated heterocycles. The standard InChI is InChI=1S/C23H18ClN3O/c1-16-12-13-27-15-21(26-22(27)14-16)18-6-9-19(10-7-18)25-23(28)11-8-17-4-2-3-5-20(17)24/h2-15H,1H3,(H,25,28)/b11-8+. The van der Waals surface area contributed by atoms with Crippen LogP contribution < -0.4 is 5.32 Å². The lowest BCUT2D eigenvalue weighted by Crippen LogP contribution is -2.07. The minimum Gasteiger partial charge on any atom is -0.323 e. The largest absolute Gasteiger partial charge is 0.323 e. The highest BCUT2D eigenvalue weighted by Gasteiger charge is 2.05. The predicted octanol–water partition coefficient (Wildman–Crippen LogP) is 5.62. The van der Waals surface area contributed by atoms with Crippen LogP contribution in [0, 0.1) is 6.92 Å². The van der Waals surface area contributed by atoms with Crippen molar-refractivity contribution in [3.8, 4) is 11.3 Å². The number of imidazole rings is 1. The first-order valence-corrected chi connectivity index (χ1v) is 9.26. The number of aromatic nitrogens is 2. The summed E-state index contributed by atoms with van der Waals surface area (Å²) in [5, 5.41) is 3.46. The van der Waals surface area contributed by atoms with Gasteiger partial charge in [0.25, 0.3) is 0 Å². The van der Waals surface area contributed by atoms with Gasteiger partial charge in [-0.25, -0.2) is 4.98 Å². The molecule has 0 spiro atoms. The Morgan fingerprint density at radius 3 is 2.68 bits per heavy atom. The van der Waals surface area contributed by atoms with Gasteiger partial charge >= 0.3 is 0 Å². The fourth-order valence-electron chi connectivity index (χ4n) is 2.91. The molecule has 1 amide bonds. The fourth-order valence-corrected chi connectivity index (χ4v) is 3.11. The molecule has 0 atom stereocenters. The monoisotopic (exact) mass is 387 g/mol. The van der Waals surface area contributed by atoms with Crippen molar-refractivity contribution in [3.05, 3.63) is 95.3 Å². The Labute approximate surface area is 168 Å². The van der Waals surface area contributed by atoms with Crippen LogP contribution in [0.25, 0.3) is 23.0 Å². The van der Waals surface area contributed by atoms with Crippen LogP contribution in [0.2, 0.25) is 5.02 Å². The van der Waals surface area contributed by atoms with E-state index >= 15 is 0 Å². The number of hydrogen-bond acceptors (Lipinski definition) is 2. The number of fused-ring (bicyclic) bond motifs is 1. The molecule has 0 aliphatic heterocycles. The summed E-state index contributed by atoms with van der Waals surface area (Å²) < 4.78 is 2.00. The molecule has 4 nitrogen and oxygen atoms in total. The molecule has 138 valence electrons. The third kappa shape index (κ3) is 3.97. The number of carbonyl (C=O) groups is 1. The van der Waals surface area contributed by atoms with E-state index in [2.05, 4.69) is 10.3 Å². The Hall–Kier alpha value is -3.37. The van der Waals surface area contributed by atoms with Crippen LogP contribution in [0.3, 0.4) is 0 Å². The first-order chi connectivity index (χ1) is 13.6. The van der Waals surface area contributed by atoms with E-state index in [9.17, 15) is 4.79 Å². The molecule has 4 aromatic rings. The van der Waals surface area contributed by atoms with Crippen LogP contribution in [0.15, 0.2) is 79.1 Å². The van der Waals surface area contributed by atoms with Gasteiger partial charge in [-0.15, -0.1) is 0 Å². The van der Waals surface area contributed by atoms with Crippen molar-refractivity contribution in [3.63, 3.8) is 0 Å². The van der Waals surface area contributed by atoms with Gasteiger partial charge in [-0.3, -0.25) is 4.79 Å². The zero-order chi connectivity index (χ0) is 19.5. The summed E-state index contributed by atoms with van der Waals surface area (Å²) in [5.41, 5.74) is 5.49. The van der Waals surface area contributed by atoms with Gasteiger partial charge in [-0.1, -0.05) is 41.9 Å². The van der Waals surface area contributed by atoms with Gasteiger partial charge in [0, 0.05) is 34.7 Å². The van der Waals surface area contributed by atoms with E-state index in [0.29, 0.717) is 5.02 Å². The summed E-state index contributed by atoms with van der Waals surface area (Å²) in [7, 11) is 0. The van der Waals surface area contributed by atoms with Crippen molar-refractivity contribution < 1.29 is 4.79 Å². The number of benzene rings is 2. The molecule has 0 aliphatic carbocycles. The van der Waals surface area contributed by atoms with Gasteiger partial charge in [0.1, 0.15) is 5.65 Å². The Balaban J connectivity index is 1.46. The molecular weight excluding hydrogens is 370 g/mol. The second-order valence-corrected chi connectivity index (χ2v) is 6.92. The third-order valence-corrected chi connectivity index (χ3v) is 4.73. The average molecular weight is 388 g/mol. The Morgan fingerprint density at radius 2 is 1.89 bits per heavy atom. The van der Waals surface area contributed by atoms with Crippen molar-refractivity contribution in [1.82, 2.24) is 9.38 Å². The van der Waals surface area contributed by atoms with E-state index in [-0.39, 0.29) is 5.91 Å². The SMILES string of the molecule is Cc1ccn2cc(-c3ccc(NC(=O)/C=C/c4ccccc4Cl)cc3)nc2c1. The van der Waals surface area contributed by atoms with Gasteiger partial charge < -0.3 is 9.72 Å². The lowest BCUT2D eigenvalue weighted by atomic mass is 10.1. The molecule has 0 unspecified atom stereocenters. The molecule has 1 N–H and O–H groups in total. The van der Waals surface area contributed by atoms with E-state index in [1.165, 1.54) is 11.6 Å². The highest BCUT2D eigenvalue weighted by molar-refractivity contribution is 6.32. The quantitative estimate of drug-likeness (QED) is 0.462. The van der Waals surface area contributed by atoms with E-state index < -0.39 is 0 Å². The van der Waals surface area contributed by atoms with Crippen molar-refractivity contribution >= 4 is 34.9 Å². The maximum Gasteiger partial charge on any atom is 0.248 e. The number of hydrogen-bond donors (Lipinski definition) is 1. The zero-order valence-corrected chi connectivity index (χ0v) is 16.0. The number of pyridine rings is 1. The van der Waals surface area contributed by atoms with Crippen molar-refractivity contribution in [2.75, 3.05) is 5.32 Å². The Kier molecular flexibility index (Phi) is 4.96. The van der Waals surface area contributed by atoms with Crippen LogP contribution in [0.4, 0.5) is 5.69 Å². The highest BCUT2D eigenvalue weighted by Crippen LogP contribution is 2.22. The summed E-state index contributed by atoms with van der Waals surface area (Å²) in [6, 6.07) is 19.1. The van der Waals surface area contributed by atoms with Gasteiger partial charge in [-0.05, 0) is 54.5 Å². The van der Waals surface area contributed by atoms with Gasteiger partial charge in [-0.2, -0.15) is 0 Å². The third-order valence-electron chi connectivity index (χ3n) is 4.38. The predicted molar refractivity (Wildman–Crippen MR) is 114 cm³/mol. The van der Waals surface area contributed by atoms with Crippen LogP contribution in [0.1, 0.15) is 11.1 Å². The minimum atomic E-state index is -0.212. The smallest absolute Gasteiger partial charge is 0.248 e. The fraction of sp³-hybridized carbons (Fsp3) is 0.0435. The second-order valence-electron chi connectivity index (χ2n) is 6.52. The minimum absolute atomic E-state index is 0.212. The van der Waals surface area contributed by atoms with Crippen LogP contribution in [-0.4, -0.2) is 15.3 Å². The van der Waals surface area contributed by atoms with Crippen LogP contribution in [-0.2, 0) is 4.79 Å². The van der Waals surface area contributed by atoms with Gasteiger partial charge in [0.15, 0.2) is 0 Å². The number of nitrogens with zero attached hydrogens (tertiary/aromatic N) is 2. The summed E-state index contributed by atoms with van der Waals surface area (Å²) in [5.74, 6) is -0.212. The van der Waals surface area contributed by atoms with E-state index in [1.807, 2.05) is 78.3 Å². The van der Waals surface area contributed by atoms with Gasteiger partial charge in [0.05, 0.1) is 5.69 Å². The summed E-state index contributed by atoms with van der Waals surface area (Å²) in [4.78, 5) is 16.8.